The molecule has 0 bridgehead atoms. The van der Waals surface area contributed by atoms with Gasteiger partial charge in [-0.2, -0.15) is 26.3 Å². The number of carboxylic acid groups (broad SMARTS) is 1. The van der Waals surface area contributed by atoms with Crippen LogP contribution in [0.2, 0.25) is 0 Å². The van der Waals surface area contributed by atoms with Crippen molar-refractivity contribution in [2.45, 2.75) is 31.5 Å². The Morgan fingerprint density at radius 3 is 2.00 bits per heavy atom. The lowest BCUT2D eigenvalue weighted by Gasteiger charge is -2.28. The van der Waals surface area contributed by atoms with E-state index in [1.54, 1.807) is 31.2 Å². The molecule has 1 unspecified atom stereocenters. The third-order valence-corrected chi connectivity index (χ3v) is 5.15. The summed E-state index contributed by atoms with van der Waals surface area (Å²) in [5.74, 6) is -4.60. The molecule has 9 nitrogen and oxygen atoms in total. The van der Waals surface area contributed by atoms with Crippen molar-refractivity contribution in [2.24, 2.45) is 5.73 Å². The number of primary amides is 1. The fraction of sp³-hybridized carbons (Fsp3) is 0.217. The summed E-state index contributed by atoms with van der Waals surface area (Å²) in [5, 5.41) is 26.4. The second kappa shape index (κ2) is 11.0. The van der Waals surface area contributed by atoms with Gasteiger partial charge in [0, 0.05) is 16.7 Å². The van der Waals surface area contributed by atoms with Gasteiger partial charge in [-0.1, -0.05) is 36.4 Å². The van der Waals surface area contributed by atoms with Crippen LogP contribution in [0.3, 0.4) is 0 Å². The predicted octanol–water partition coefficient (Wildman–Crippen LogP) is 3.06. The number of carbonyl (C=O) groups is 2. The van der Waals surface area contributed by atoms with Crippen LogP contribution in [0.15, 0.2) is 48.7 Å². The zero-order valence-corrected chi connectivity index (χ0v) is 19.3. The number of aryl methyl sites for hydroxylation is 1. The molecule has 0 aliphatic heterocycles. The van der Waals surface area contributed by atoms with Gasteiger partial charge in [0.2, 0.25) is 0 Å². The first-order chi connectivity index (χ1) is 17.4. The Morgan fingerprint density at radius 1 is 1.00 bits per heavy atom. The fourth-order valence-corrected chi connectivity index (χ4v) is 3.08. The van der Waals surface area contributed by atoms with Gasteiger partial charge in [-0.05, 0) is 24.1 Å². The van der Waals surface area contributed by atoms with Crippen molar-refractivity contribution in [1.82, 2.24) is 9.97 Å². The highest BCUT2D eigenvalue weighted by Crippen LogP contribution is 2.40. The van der Waals surface area contributed by atoms with Gasteiger partial charge in [-0.25, -0.2) is 14.8 Å². The first-order valence-corrected chi connectivity index (χ1v) is 10.3. The summed E-state index contributed by atoms with van der Waals surface area (Å²) in [4.78, 5) is 28.9. The average molecular weight is 546 g/mol. The van der Waals surface area contributed by atoms with Gasteiger partial charge >= 0.3 is 18.3 Å². The largest absolute Gasteiger partial charge is 0.490 e. The summed E-state index contributed by atoms with van der Waals surface area (Å²) in [6.45, 7) is 1.49. The number of carbonyl (C=O) groups excluding carboxylic acids is 1. The van der Waals surface area contributed by atoms with Gasteiger partial charge in [0.1, 0.15) is 11.5 Å². The smallest absolute Gasteiger partial charge is 0.475 e. The number of benzene rings is 2. The van der Waals surface area contributed by atoms with Crippen LogP contribution in [0.1, 0.15) is 16.7 Å². The zero-order chi connectivity index (χ0) is 29.1. The molecule has 2 aromatic carbocycles. The number of nitrogen functional groups attached to an aromatic ring is 1. The van der Waals surface area contributed by atoms with Crippen LogP contribution >= 0.6 is 0 Å². The van der Waals surface area contributed by atoms with Crippen molar-refractivity contribution in [3.63, 3.8) is 0 Å². The van der Waals surface area contributed by atoms with Gasteiger partial charge in [0.05, 0.1) is 18.5 Å². The van der Waals surface area contributed by atoms with E-state index in [0.29, 0.717) is 16.7 Å². The Hall–Kier alpha value is -4.24. The molecule has 7 N–H and O–H groups in total. The van der Waals surface area contributed by atoms with Crippen molar-refractivity contribution in [3.05, 3.63) is 65.4 Å². The van der Waals surface area contributed by atoms with Crippen LogP contribution in [-0.4, -0.2) is 49.5 Å². The quantitative estimate of drug-likeness (QED) is 0.304. The van der Waals surface area contributed by atoms with E-state index in [2.05, 4.69) is 9.97 Å². The second-order valence-electron chi connectivity index (χ2n) is 7.75. The lowest BCUT2D eigenvalue weighted by Crippen LogP contribution is -2.52. The van der Waals surface area contributed by atoms with E-state index >= 15 is 0 Å². The highest BCUT2D eigenvalue weighted by Gasteiger charge is 2.60. The summed E-state index contributed by atoms with van der Waals surface area (Å²) >= 11 is 0. The first kappa shape index (κ1) is 30.0. The number of aliphatic hydroxyl groups excluding tert-OH is 1. The van der Waals surface area contributed by atoms with E-state index < -0.39 is 35.4 Å². The molecule has 0 spiro atoms. The van der Waals surface area contributed by atoms with Crippen molar-refractivity contribution in [2.75, 3.05) is 5.73 Å². The minimum atomic E-state index is -5.32. The van der Waals surface area contributed by atoms with E-state index in [0.717, 1.165) is 12.1 Å². The molecule has 0 aliphatic carbocycles. The van der Waals surface area contributed by atoms with Gasteiger partial charge in [-0.15, -0.1) is 0 Å². The monoisotopic (exact) mass is 546 g/mol. The van der Waals surface area contributed by atoms with Crippen molar-refractivity contribution in [1.29, 1.82) is 0 Å². The fourth-order valence-electron chi connectivity index (χ4n) is 3.08. The summed E-state index contributed by atoms with van der Waals surface area (Å²) in [6, 6.07) is 10.0. The molecule has 1 atom stereocenters. The zero-order valence-electron chi connectivity index (χ0n) is 19.3. The molecule has 0 fully saturated rings. The minimum absolute atomic E-state index is 0.0956. The third kappa shape index (κ3) is 6.36. The molecule has 1 amide bonds. The number of aliphatic carboxylic acids is 1. The number of alkyl halides is 6. The van der Waals surface area contributed by atoms with Gasteiger partial charge in [0.15, 0.2) is 0 Å². The van der Waals surface area contributed by atoms with Crippen LogP contribution < -0.4 is 11.5 Å². The predicted molar refractivity (Wildman–Crippen MR) is 121 cm³/mol. The molecule has 15 heteroatoms. The number of halogens is 6. The van der Waals surface area contributed by atoms with Gasteiger partial charge in [-0.3, -0.25) is 4.79 Å². The van der Waals surface area contributed by atoms with E-state index in [-0.39, 0.29) is 29.4 Å². The molecule has 204 valence electrons. The number of aromatic nitrogens is 2. The van der Waals surface area contributed by atoms with Crippen LogP contribution in [0.25, 0.3) is 22.5 Å². The normalized spacial score (nSPS) is 13.2. The number of amides is 1. The third-order valence-electron chi connectivity index (χ3n) is 5.15. The SMILES string of the molecule is Cc1ccc(C(O)(C(N)=O)C(F)(F)F)cc1-c1cnc(N)c(-c2ccc(CO)cc2)n1.O=C(O)C(F)(F)F. The van der Waals surface area contributed by atoms with E-state index in [1.807, 2.05) is 0 Å². The lowest BCUT2D eigenvalue weighted by molar-refractivity contribution is -0.255. The summed E-state index contributed by atoms with van der Waals surface area (Å²) in [7, 11) is 0. The number of anilines is 1. The van der Waals surface area contributed by atoms with Crippen molar-refractivity contribution >= 4 is 17.7 Å². The first-order valence-electron chi connectivity index (χ1n) is 10.3. The van der Waals surface area contributed by atoms with Crippen LogP contribution in [0.4, 0.5) is 32.2 Å². The molecule has 0 radical (unpaired) electrons. The topological polar surface area (TPSA) is 173 Å². The number of aliphatic hydroxyl groups is 2. The minimum Gasteiger partial charge on any atom is -0.475 e. The number of carboxylic acids is 1. The second-order valence-corrected chi connectivity index (χ2v) is 7.75. The highest BCUT2D eigenvalue weighted by molar-refractivity contribution is 5.86. The number of rotatable bonds is 5. The molecule has 0 saturated carbocycles. The molecule has 3 aromatic rings. The molecular weight excluding hydrogens is 526 g/mol. The average Bonchev–Trinajstić information content (AvgIpc) is 2.83. The maximum atomic E-state index is 13.5. The number of nitrogens with two attached hydrogens (primary N) is 2. The summed E-state index contributed by atoms with van der Waals surface area (Å²) in [5.41, 5.74) is 8.69. The summed E-state index contributed by atoms with van der Waals surface area (Å²) < 4.78 is 72.1. The van der Waals surface area contributed by atoms with Crippen molar-refractivity contribution in [3.8, 4) is 22.5 Å². The highest BCUT2D eigenvalue weighted by atomic mass is 19.4. The van der Waals surface area contributed by atoms with E-state index in [4.69, 9.17) is 21.4 Å². The Morgan fingerprint density at radius 2 is 1.55 bits per heavy atom. The molecule has 3 rings (SSSR count). The Balaban J connectivity index is 0.000000638. The maximum absolute atomic E-state index is 13.5. The Kier molecular flexibility index (Phi) is 8.70. The van der Waals surface area contributed by atoms with Crippen LogP contribution in [0, 0.1) is 6.92 Å². The molecular formula is C23H20F6N4O5. The molecule has 38 heavy (non-hydrogen) atoms. The molecule has 0 aliphatic rings. The van der Waals surface area contributed by atoms with Gasteiger partial charge in [0.25, 0.3) is 11.5 Å². The number of nitrogens with zero attached hydrogens (tertiary/aromatic N) is 2. The Labute approximate surface area is 210 Å². The van der Waals surface area contributed by atoms with Crippen LogP contribution in [0.5, 0.6) is 0 Å². The lowest BCUT2D eigenvalue weighted by atomic mass is 9.89. The maximum Gasteiger partial charge on any atom is 0.490 e. The Bertz CT molecular complexity index is 1330. The number of hydrogen-bond acceptors (Lipinski definition) is 7. The van der Waals surface area contributed by atoms with Gasteiger partial charge < -0.3 is 26.8 Å². The van der Waals surface area contributed by atoms with Crippen molar-refractivity contribution < 1.29 is 51.3 Å². The van der Waals surface area contributed by atoms with E-state index in [9.17, 15) is 41.4 Å². The van der Waals surface area contributed by atoms with E-state index in [1.165, 1.54) is 12.3 Å². The standard InChI is InChI=1S/C21H19F3N4O3.C2HF3O2/c1-11-2-7-14(20(31,19(26)30)21(22,23)24)8-15(11)16-9-27-18(25)17(28-16)13-5-3-12(10-29)4-6-13;3-2(4,5)1(6)7/h2-9,29,31H,10H2,1H3,(H2,25,27)(H2,26,30);(H,6,7). The summed E-state index contributed by atoms with van der Waals surface area (Å²) in [6.07, 6.45) is -9.12. The molecule has 0 saturated heterocycles. The molecule has 1 aromatic heterocycles. The van der Waals surface area contributed by atoms with Crippen LogP contribution in [-0.2, 0) is 21.8 Å². The molecule has 1 heterocycles. The number of hydrogen-bond donors (Lipinski definition) is 5.